The number of amides is 1. The second kappa shape index (κ2) is 8.84. The predicted octanol–water partition coefficient (Wildman–Crippen LogP) is 4.78. The standard InChI is InChI=1S/C20H17ClF2N2O3/c1-12-17(19(25-28-12)18-15(21)4-2-5-16(18)23)20(26)24-10-3-11-27-14-8-6-13(22)7-9-14/h2,4-9H,3,10-11H2,1H3,(H,24,26). The minimum Gasteiger partial charge on any atom is -0.494 e. The molecule has 1 N–H and O–H groups in total. The first-order valence-corrected chi connectivity index (χ1v) is 8.92. The maximum absolute atomic E-state index is 14.2. The third-order valence-electron chi connectivity index (χ3n) is 3.98. The first kappa shape index (κ1) is 19.8. The number of halogens is 3. The first-order chi connectivity index (χ1) is 13.5. The van der Waals surface area contributed by atoms with Crippen molar-refractivity contribution in [2.24, 2.45) is 0 Å². The molecule has 28 heavy (non-hydrogen) atoms. The summed E-state index contributed by atoms with van der Waals surface area (Å²) in [7, 11) is 0. The highest BCUT2D eigenvalue weighted by Gasteiger charge is 2.25. The predicted molar refractivity (Wildman–Crippen MR) is 100 cm³/mol. The second-order valence-corrected chi connectivity index (χ2v) is 6.38. The van der Waals surface area contributed by atoms with E-state index in [0.717, 1.165) is 0 Å². The molecule has 3 aromatic rings. The van der Waals surface area contributed by atoms with Crippen molar-refractivity contribution in [3.05, 3.63) is 70.4 Å². The van der Waals surface area contributed by atoms with Gasteiger partial charge in [0.15, 0.2) is 0 Å². The molecule has 0 aliphatic heterocycles. The van der Waals surface area contributed by atoms with Gasteiger partial charge in [0.05, 0.1) is 17.2 Å². The van der Waals surface area contributed by atoms with Gasteiger partial charge in [-0.25, -0.2) is 8.78 Å². The van der Waals surface area contributed by atoms with Crippen LogP contribution in [-0.2, 0) is 0 Å². The molecule has 0 spiro atoms. The fourth-order valence-electron chi connectivity index (χ4n) is 2.62. The molecule has 0 saturated carbocycles. The van der Waals surface area contributed by atoms with Gasteiger partial charge in [0.1, 0.15) is 34.4 Å². The molecule has 0 aliphatic rings. The third-order valence-corrected chi connectivity index (χ3v) is 4.29. The summed E-state index contributed by atoms with van der Waals surface area (Å²) in [6, 6.07) is 9.88. The van der Waals surface area contributed by atoms with E-state index in [-0.39, 0.29) is 33.4 Å². The van der Waals surface area contributed by atoms with Crippen molar-refractivity contribution in [1.29, 1.82) is 0 Å². The van der Waals surface area contributed by atoms with Gasteiger partial charge in [-0.15, -0.1) is 0 Å². The Bertz CT molecular complexity index is 954. The van der Waals surface area contributed by atoms with Gasteiger partial charge in [0, 0.05) is 6.54 Å². The average molecular weight is 407 g/mol. The quantitative estimate of drug-likeness (QED) is 0.573. The molecular weight excluding hydrogens is 390 g/mol. The number of nitrogens with zero attached hydrogens (tertiary/aromatic N) is 1. The number of carbonyl (C=O) groups excluding carboxylic acids is 1. The van der Waals surface area contributed by atoms with E-state index in [1.807, 2.05) is 0 Å². The fourth-order valence-corrected chi connectivity index (χ4v) is 2.87. The van der Waals surface area contributed by atoms with Crippen LogP contribution in [0.25, 0.3) is 11.3 Å². The second-order valence-electron chi connectivity index (χ2n) is 5.97. The van der Waals surface area contributed by atoms with E-state index in [2.05, 4.69) is 10.5 Å². The maximum Gasteiger partial charge on any atom is 0.257 e. The Labute approximate surface area is 165 Å². The summed E-state index contributed by atoms with van der Waals surface area (Å²) < 4.78 is 37.6. The lowest BCUT2D eigenvalue weighted by Crippen LogP contribution is -2.26. The highest BCUT2D eigenvalue weighted by atomic mass is 35.5. The molecule has 0 atom stereocenters. The molecule has 1 aromatic heterocycles. The minimum atomic E-state index is -0.595. The summed E-state index contributed by atoms with van der Waals surface area (Å²) in [6.07, 6.45) is 0.517. The Kier molecular flexibility index (Phi) is 6.26. The van der Waals surface area contributed by atoms with E-state index < -0.39 is 11.7 Å². The van der Waals surface area contributed by atoms with Gasteiger partial charge >= 0.3 is 0 Å². The number of hydrogen-bond donors (Lipinski definition) is 1. The average Bonchev–Trinajstić information content (AvgIpc) is 3.04. The molecule has 0 radical (unpaired) electrons. The molecule has 3 rings (SSSR count). The van der Waals surface area contributed by atoms with E-state index in [0.29, 0.717) is 25.3 Å². The van der Waals surface area contributed by atoms with Gasteiger partial charge in [-0.3, -0.25) is 4.79 Å². The van der Waals surface area contributed by atoms with Crippen molar-refractivity contribution >= 4 is 17.5 Å². The molecule has 0 fully saturated rings. The van der Waals surface area contributed by atoms with Crippen molar-refractivity contribution in [3.8, 4) is 17.0 Å². The molecule has 0 aliphatic carbocycles. The van der Waals surface area contributed by atoms with E-state index in [1.165, 1.54) is 42.5 Å². The van der Waals surface area contributed by atoms with Crippen LogP contribution in [0.3, 0.4) is 0 Å². The minimum absolute atomic E-state index is 0.0193. The van der Waals surface area contributed by atoms with Crippen molar-refractivity contribution in [3.63, 3.8) is 0 Å². The first-order valence-electron chi connectivity index (χ1n) is 8.54. The number of aryl methyl sites for hydroxylation is 1. The van der Waals surface area contributed by atoms with Gasteiger partial charge in [-0.1, -0.05) is 22.8 Å². The van der Waals surface area contributed by atoms with Crippen LogP contribution in [0.4, 0.5) is 8.78 Å². The van der Waals surface area contributed by atoms with Gasteiger partial charge < -0.3 is 14.6 Å². The molecule has 146 valence electrons. The molecule has 1 amide bonds. The van der Waals surface area contributed by atoms with Crippen molar-refractivity contribution < 1.29 is 22.8 Å². The monoisotopic (exact) mass is 406 g/mol. The van der Waals surface area contributed by atoms with Crippen LogP contribution in [0.5, 0.6) is 5.75 Å². The summed E-state index contributed by atoms with van der Waals surface area (Å²) in [5.41, 5.74) is 0.206. The molecule has 5 nitrogen and oxygen atoms in total. The normalized spacial score (nSPS) is 10.7. The summed E-state index contributed by atoms with van der Waals surface area (Å²) in [4.78, 5) is 12.6. The van der Waals surface area contributed by atoms with Crippen LogP contribution >= 0.6 is 11.6 Å². The van der Waals surface area contributed by atoms with Crippen molar-refractivity contribution in [2.75, 3.05) is 13.2 Å². The zero-order valence-corrected chi connectivity index (χ0v) is 15.7. The van der Waals surface area contributed by atoms with Crippen LogP contribution in [0.1, 0.15) is 22.5 Å². The lowest BCUT2D eigenvalue weighted by atomic mass is 10.0. The lowest BCUT2D eigenvalue weighted by Gasteiger charge is -2.08. The smallest absolute Gasteiger partial charge is 0.257 e. The number of rotatable bonds is 7. The highest BCUT2D eigenvalue weighted by Crippen LogP contribution is 2.33. The Morgan fingerprint density at radius 2 is 1.96 bits per heavy atom. The van der Waals surface area contributed by atoms with E-state index in [1.54, 1.807) is 6.92 Å². The third kappa shape index (κ3) is 4.48. The summed E-state index contributed by atoms with van der Waals surface area (Å²) in [5, 5.41) is 6.66. The number of aromatic nitrogens is 1. The lowest BCUT2D eigenvalue weighted by molar-refractivity contribution is 0.0950. The Morgan fingerprint density at radius 3 is 2.68 bits per heavy atom. The van der Waals surface area contributed by atoms with Gasteiger partial charge in [0.2, 0.25) is 0 Å². The Morgan fingerprint density at radius 1 is 1.21 bits per heavy atom. The molecule has 1 heterocycles. The largest absolute Gasteiger partial charge is 0.494 e. The number of ether oxygens (including phenoxy) is 1. The maximum atomic E-state index is 14.2. The van der Waals surface area contributed by atoms with E-state index >= 15 is 0 Å². The van der Waals surface area contributed by atoms with Crippen LogP contribution in [0.15, 0.2) is 47.0 Å². The summed E-state index contributed by atoms with van der Waals surface area (Å²) in [5.74, 6) is -0.583. The number of hydrogen-bond acceptors (Lipinski definition) is 4. The summed E-state index contributed by atoms with van der Waals surface area (Å²) in [6.45, 7) is 2.22. The van der Waals surface area contributed by atoms with Crippen molar-refractivity contribution in [2.45, 2.75) is 13.3 Å². The molecular formula is C20H17ClF2N2O3. The fraction of sp³-hybridized carbons (Fsp3) is 0.200. The zero-order valence-electron chi connectivity index (χ0n) is 15.0. The van der Waals surface area contributed by atoms with E-state index in [9.17, 15) is 13.6 Å². The van der Waals surface area contributed by atoms with Gasteiger partial charge in [-0.2, -0.15) is 0 Å². The molecule has 0 bridgehead atoms. The molecule has 8 heteroatoms. The van der Waals surface area contributed by atoms with Gasteiger partial charge in [-0.05, 0) is 49.7 Å². The Balaban J connectivity index is 1.61. The topological polar surface area (TPSA) is 64.4 Å². The van der Waals surface area contributed by atoms with Crippen LogP contribution in [0, 0.1) is 18.6 Å². The van der Waals surface area contributed by atoms with E-state index in [4.69, 9.17) is 20.9 Å². The number of nitrogens with one attached hydrogen (secondary N) is 1. The zero-order chi connectivity index (χ0) is 20.1. The van der Waals surface area contributed by atoms with Crippen LogP contribution < -0.4 is 10.1 Å². The molecule has 0 unspecified atom stereocenters. The molecule has 2 aromatic carbocycles. The number of carbonyl (C=O) groups is 1. The number of benzene rings is 2. The van der Waals surface area contributed by atoms with Crippen LogP contribution in [0.2, 0.25) is 5.02 Å². The highest BCUT2D eigenvalue weighted by molar-refractivity contribution is 6.33. The SMILES string of the molecule is Cc1onc(-c2c(F)cccc2Cl)c1C(=O)NCCCOc1ccc(F)cc1. The van der Waals surface area contributed by atoms with Gasteiger partial charge in [0.25, 0.3) is 5.91 Å². The van der Waals surface area contributed by atoms with Crippen LogP contribution in [-0.4, -0.2) is 24.2 Å². The molecule has 0 saturated heterocycles. The van der Waals surface area contributed by atoms with Crippen molar-refractivity contribution in [1.82, 2.24) is 10.5 Å². The Hall–Kier alpha value is -2.93. The summed E-state index contributed by atoms with van der Waals surface area (Å²) >= 11 is 6.07.